The van der Waals surface area contributed by atoms with E-state index < -0.39 is 0 Å². The summed E-state index contributed by atoms with van der Waals surface area (Å²) in [5.74, 6) is 6.51. The minimum absolute atomic E-state index is 0.359. The average molecular weight is 252 g/mol. The molecule has 1 aromatic rings. The second-order valence-electron chi connectivity index (χ2n) is 5.24. The van der Waals surface area contributed by atoms with Crippen LogP contribution in [0.5, 0.6) is 0 Å². The first-order valence-corrected chi connectivity index (χ1v) is 7.70. The van der Waals surface area contributed by atoms with Crippen LogP contribution in [0.25, 0.3) is 0 Å². The van der Waals surface area contributed by atoms with Crippen molar-refractivity contribution in [3.63, 3.8) is 0 Å². The minimum Gasteiger partial charge on any atom is -0.271 e. The zero-order valence-corrected chi connectivity index (χ0v) is 11.6. The Morgan fingerprint density at radius 1 is 1.24 bits per heavy atom. The number of hydrogen-bond acceptors (Lipinski definition) is 3. The van der Waals surface area contributed by atoms with Crippen LogP contribution in [-0.2, 0) is 0 Å². The van der Waals surface area contributed by atoms with E-state index in [0.29, 0.717) is 12.0 Å². The van der Waals surface area contributed by atoms with Gasteiger partial charge in [-0.05, 0) is 42.7 Å². The Labute approximate surface area is 109 Å². The third-order valence-electron chi connectivity index (χ3n) is 3.91. The largest absolute Gasteiger partial charge is 0.271 e. The first-order chi connectivity index (χ1) is 8.31. The molecule has 0 bridgehead atoms. The molecule has 1 aromatic heterocycles. The van der Waals surface area contributed by atoms with E-state index in [1.165, 1.54) is 55.4 Å². The van der Waals surface area contributed by atoms with Gasteiger partial charge in [0.05, 0.1) is 0 Å². The molecule has 1 atom stereocenters. The van der Waals surface area contributed by atoms with E-state index in [1.807, 2.05) is 11.3 Å². The van der Waals surface area contributed by atoms with E-state index in [-0.39, 0.29) is 0 Å². The minimum atomic E-state index is 0.359. The van der Waals surface area contributed by atoms with Gasteiger partial charge in [-0.2, -0.15) is 0 Å². The van der Waals surface area contributed by atoms with Crippen molar-refractivity contribution in [2.45, 2.75) is 57.9 Å². The molecule has 1 fully saturated rings. The second kappa shape index (κ2) is 6.53. The number of rotatable bonds is 3. The molecule has 17 heavy (non-hydrogen) atoms. The van der Waals surface area contributed by atoms with Gasteiger partial charge in [0, 0.05) is 10.9 Å². The van der Waals surface area contributed by atoms with Crippen LogP contribution >= 0.6 is 11.3 Å². The van der Waals surface area contributed by atoms with Crippen LogP contribution in [0.4, 0.5) is 0 Å². The number of nitrogens with one attached hydrogen (secondary N) is 1. The van der Waals surface area contributed by atoms with Crippen LogP contribution in [0.3, 0.4) is 0 Å². The lowest BCUT2D eigenvalue weighted by atomic mass is 9.84. The summed E-state index contributed by atoms with van der Waals surface area (Å²) < 4.78 is 0. The van der Waals surface area contributed by atoms with Gasteiger partial charge in [0.1, 0.15) is 0 Å². The number of aryl methyl sites for hydroxylation is 1. The van der Waals surface area contributed by atoms with Crippen molar-refractivity contribution in [2.24, 2.45) is 11.8 Å². The van der Waals surface area contributed by atoms with Gasteiger partial charge < -0.3 is 0 Å². The Bertz CT molecular complexity index is 327. The van der Waals surface area contributed by atoms with Gasteiger partial charge in [-0.15, -0.1) is 11.3 Å². The maximum Gasteiger partial charge on any atom is 0.0496 e. The highest BCUT2D eigenvalue weighted by Gasteiger charge is 2.23. The number of thiophene rings is 1. The SMILES string of the molecule is Cc1cc(C(NN)C2CCCCCCC2)cs1. The molecule has 0 saturated heterocycles. The average Bonchev–Trinajstić information content (AvgIpc) is 2.68. The zero-order valence-electron chi connectivity index (χ0n) is 10.7. The fourth-order valence-corrected chi connectivity index (χ4v) is 3.69. The molecule has 2 rings (SSSR count). The molecule has 0 aliphatic heterocycles. The predicted molar refractivity (Wildman–Crippen MR) is 74.9 cm³/mol. The molecule has 96 valence electrons. The van der Waals surface area contributed by atoms with E-state index in [9.17, 15) is 0 Å². The van der Waals surface area contributed by atoms with Gasteiger partial charge in [0.25, 0.3) is 0 Å². The Morgan fingerprint density at radius 3 is 2.41 bits per heavy atom. The molecule has 1 aliphatic carbocycles. The van der Waals surface area contributed by atoms with Crippen LogP contribution in [0.15, 0.2) is 11.4 Å². The smallest absolute Gasteiger partial charge is 0.0496 e. The number of nitrogens with two attached hydrogens (primary N) is 1. The van der Waals surface area contributed by atoms with E-state index in [4.69, 9.17) is 5.84 Å². The lowest BCUT2D eigenvalue weighted by Gasteiger charge is -2.27. The van der Waals surface area contributed by atoms with Gasteiger partial charge >= 0.3 is 0 Å². The highest BCUT2D eigenvalue weighted by molar-refractivity contribution is 7.10. The molecule has 0 aromatic carbocycles. The summed E-state index contributed by atoms with van der Waals surface area (Å²) in [7, 11) is 0. The number of hydrogen-bond donors (Lipinski definition) is 2. The van der Waals surface area contributed by atoms with Crippen molar-refractivity contribution in [3.8, 4) is 0 Å². The van der Waals surface area contributed by atoms with Crippen molar-refractivity contribution < 1.29 is 0 Å². The van der Waals surface area contributed by atoms with Gasteiger partial charge in [0.2, 0.25) is 0 Å². The van der Waals surface area contributed by atoms with Crippen LogP contribution in [0.2, 0.25) is 0 Å². The van der Waals surface area contributed by atoms with Crippen molar-refractivity contribution in [1.82, 2.24) is 5.43 Å². The first kappa shape index (κ1) is 13.1. The fraction of sp³-hybridized carbons (Fsp3) is 0.714. The third kappa shape index (κ3) is 3.54. The van der Waals surface area contributed by atoms with E-state index >= 15 is 0 Å². The first-order valence-electron chi connectivity index (χ1n) is 6.82. The van der Waals surface area contributed by atoms with E-state index in [1.54, 1.807) is 0 Å². The highest BCUT2D eigenvalue weighted by atomic mass is 32.1. The molecule has 0 amide bonds. The molecule has 1 aliphatic rings. The third-order valence-corrected chi connectivity index (χ3v) is 4.79. The molecule has 3 N–H and O–H groups in total. The summed E-state index contributed by atoms with van der Waals surface area (Å²) in [5, 5.41) is 2.26. The molecule has 3 heteroatoms. The molecule has 2 nitrogen and oxygen atoms in total. The van der Waals surface area contributed by atoms with Crippen LogP contribution < -0.4 is 11.3 Å². The lowest BCUT2D eigenvalue weighted by Crippen LogP contribution is -2.33. The standard InChI is InChI=1S/C14H24N2S/c1-11-9-13(10-17-11)14(16-15)12-7-5-3-2-4-6-8-12/h9-10,12,14,16H,2-8,15H2,1H3. The predicted octanol–water partition coefficient (Wildman–Crippen LogP) is 3.92. The topological polar surface area (TPSA) is 38.0 Å². The van der Waals surface area contributed by atoms with Crippen LogP contribution in [0, 0.1) is 12.8 Å². The van der Waals surface area contributed by atoms with Crippen molar-refractivity contribution in [2.75, 3.05) is 0 Å². The Hall–Kier alpha value is -0.380. The zero-order chi connectivity index (χ0) is 12.1. The Balaban J connectivity index is 2.05. The van der Waals surface area contributed by atoms with Gasteiger partial charge in [-0.25, -0.2) is 0 Å². The summed E-state index contributed by atoms with van der Waals surface area (Å²) in [5.41, 5.74) is 4.45. The maximum absolute atomic E-state index is 5.79. The monoisotopic (exact) mass is 252 g/mol. The van der Waals surface area contributed by atoms with Crippen molar-refractivity contribution >= 4 is 11.3 Å². The Kier molecular flexibility index (Phi) is 5.01. The maximum atomic E-state index is 5.79. The van der Waals surface area contributed by atoms with Crippen molar-refractivity contribution in [1.29, 1.82) is 0 Å². The number of hydrazine groups is 1. The Morgan fingerprint density at radius 2 is 1.88 bits per heavy atom. The summed E-state index contributed by atoms with van der Waals surface area (Å²) in [4.78, 5) is 1.38. The van der Waals surface area contributed by atoms with Gasteiger partial charge in [0.15, 0.2) is 0 Å². The normalized spacial score (nSPS) is 20.8. The fourth-order valence-electron chi connectivity index (χ4n) is 2.95. The summed E-state index contributed by atoms with van der Waals surface area (Å²) in [6.45, 7) is 2.17. The van der Waals surface area contributed by atoms with Crippen LogP contribution in [-0.4, -0.2) is 0 Å². The molecule has 0 radical (unpaired) electrons. The van der Waals surface area contributed by atoms with E-state index in [2.05, 4.69) is 23.8 Å². The van der Waals surface area contributed by atoms with Crippen LogP contribution in [0.1, 0.15) is 61.4 Å². The second-order valence-corrected chi connectivity index (χ2v) is 6.36. The lowest BCUT2D eigenvalue weighted by molar-refractivity contribution is 0.291. The van der Waals surface area contributed by atoms with E-state index in [0.717, 1.165) is 0 Å². The molecule has 0 spiro atoms. The van der Waals surface area contributed by atoms with Crippen molar-refractivity contribution in [3.05, 3.63) is 21.9 Å². The quantitative estimate of drug-likeness (QED) is 0.632. The summed E-state index contributed by atoms with van der Waals surface area (Å²) in [6.07, 6.45) is 9.60. The highest BCUT2D eigenvalue weighted by Crippen LogP contribution is 2.34. The summed E-state index contributed by atoms with van der Waals surface area (Å²) >= 11 is 1.83. The van der Waals surface area contributed by atoms with Gasteiger partial charge in [-0.3, -0.25) is 11.3 Å². The summed E-state index contributed by atoms with van der Waals surface area (Å²) in [6, 6.07) is 2.64. The molecule has 1 saturated carbocycles. The molecular weight excluding hydrogens is 228 g/mol. The van der Waals surface area contributed by atoms with Gasteiger partial charge in [-0.1, -0.05) is 32.1 Å². The molecule has 1 heterocycles. The molecule has 1 unspecified atom stereocenters. The molecular formula is C14H24N2S.